The molecule has 0 fully saturated rings. The molecule has 1 aromatic rings. The standard InChI is InChI=1S/C13H20N2O3/c1-4-11-7-10(5-6-12(11)17-3)8-18-9-13(16)15(2)14/h5-7H,4,8-9,14H2,1-3H3. The number of hydrogen-bond acceptors (Lipinski definition) is 4. The second-order valence-electron chi connectivity index (χ2n) is 4.00. The molecule has 5 nitrogen and oxygen atoms in total. The Kier molecular flexibility index (Phi) is 5.61. The van der Waals surface area contributed by atoms with Crippen LogP contribution in [0.4, 0.5) is 0 Å². The van der Waals surface area contributed by atoms with Crippen LogP contribution in [0.15, 0.2) is 18.2 Å². The predicted molar refractivity (Wildman–Crippen MR) is 69.0 cm³/mol. The van der Waals surface area contributed by atoms with Crippen LogP contribution in [0.1, 0.15) is 18.1 Å². The number of ether oxygens (including phenoxy) is 2. The number of carbonyl (C=O) groups excluding carboxylic acids is 1. The Hall–Kier alpha value is -1.59. The smallest absolute Gasteiger partial charge is 0.262 e. The molecule has 0 atom stereocenters. The van der Waals surface area contributed by atoms with Crippen LogP contribution in [0.3, 0.4) is 0 Å². The highest BCUT2D eigenvalue weighted by Gasteiger charge is 2.06. The van der Waals surface area contributed by atoms with Gasteiger partial charge in [0.1, 0.15) is 12.4 Å². The van der Waals surface area contributed by atoms with Crippen LogP contribution in [-0.2, 0) is 22.6 Å². The summed E-state index contributed by atoms with van der Waals surface area (Å²) in [5.74, 6) is 5.91. The van der Waals surface area contributed by atoms with Crippen LogP contribution in [0.5, 0.6) is 5.75 Å². The van der Waals surface area contributed by atoms with E-state index in [1.54, 1.807) is 7.11 Å². The minimum Gasteiger partial charge on any atom is -0.496 e. The van der Waals surface area contributed by atoms with Gasteiger partial charge in [-0.1, -0.05) is 13.0 Å². The third-order valence-corrected chi connectivity index (χ3v) is 2.61. The Morgan fingerprint density at radius 2 is 2.17 bits per heavy atom. The van der Waals surface area contributed by atoms with Crippen molar-refractivity contribution in [2.24, 2.45) is 5.84 Å². The lowest BCUT2D eigenvalue weighted by Gasteiger charge is -2.11. The van der Waals surface area contributed by atoms with Crippen LogP contribution < -0.4 is 10.6 Å². The Morgan fingerprint density at radius 1 is 1.44 bits per heavy atom. The molecule has 0 aliphatic heterocycles. The Balaban J connectivity index is 2.55. The van der Waals surface area contributed by atoms with Gasteiger partial charge < -0.3 is 9.47 Å². The summed E-state index contributed by atoms with van der Waals surface area (Å²) in [5.41, 5.74) is 2.14. The van der Waals surface area contributed by atoms with Crippen molar-refractivity contribution < 1.29 is 14.3 Å². The molecule has 0 aliphatic carbocycles. The van der Waals surface area contributed by atoms with E-state index in [9.17, 15) is 4.79 Å². The number of nitrogens with zero attached hydrogens (tertiary/aromatic N) is 1. The predicted octanol–water partition coefficient (Wildman–Crippen LogP) is 1.11. The molecule has 18 heavy (non-hydrogen) atoms. The van der Waals surface area contributed by atoms with Crippen molar-refractivity contribution >= 4 is 5.91 Å². The van der Waals surface area contributed by atoms with E-state index in [0.717, 1.165) is 28.3 Å². The zero-order chi connectivity index (χ0) is 13.5. The monoisotopic (exact) mass is 252 g/mol. The molecule has 1 amide bonds. The molecule has 5 heteroatoms. The van der Waals surface area contributed by atoms with Crippen molar-refractivity contribution in [3.63, 3.8) is 0 Å². The number of hydrogen-bond donors (Lipinski definition) is 1. The van der Waals surface area contributed by atoms with Gasteiger partial charge >= 0.3 is 0 Å². The molecule has 0 unspecified atom stereocenters. The molecule has 1 rings (SSSR count). The van der Waals surface area contributed by atoms with Crippen molar-refractivity contribution in [2.75, 3.05) is 20.8 Å². The Morgan fingerprint density at radius 3 is 2.72 bits per heavy atom. The highest BCUT2D eigenvalue weighted by molar-refractivity contribution is 5.76. The van der Waals surface area contributed by atoms with Gasteiger partial charge in [0.25, 0.3) is 5.91 Å². The van der Waals surface area contributed by atoms with Crippen LogP contribution in [0.25, 0.3) is 0 Å². The van der Waals surface area contributed by atoms with Gasteiger partial charge in [0.2, 0.25) is 0 Å². The number of benzene rings is 1. The summed E-state index contributed by atoms with van der Waals surface area (Å²) >= 11 is 0. The van der Waals surface area contributed by atoms with Crippen LogP contribution in [-0.4, -0.2) is 31.7 Å². The third-order valence-electron chi connectivity index (χ3n) is 2.61. The molecule has 0 radical (unpaired) electrons. The maximum Gasteiger partial charge on any atom is 0.262 e. The van der Waals surface area contributed by atoms with E-state index in [1.807, 2.05) is 18.2 Å². The summed E-state index contributed by atoms with van der Waals surface area (Å²) in [4.78, 5) is 11.2. The summed E-state index contributed by atoms with van der Waals surface area (Å²) in [5, 5.41) is 1.02. The topological polar surface area (TPSA) is 64.8 Å². The molecule has 0 aromatic heterocycles. The molecule has 100 valence electrons. The first-order valence-electron chi connectivity index (χ1n) is 5.83. The van der Waals surface area contributed by atoms with E-state index in [0.29, 0.717) is 6.61 Å². The number of aryl methyl sites for hydroxylation is 1. The average Bonchev–Trinajstić information content (AvgIpc) is 2.38. The maximum atomic E-state index is 11.2. The lowest BCUT2D eigenvalue weighted by molar-refractivity contribution is -0.135. The number of nitrogens with two attached hydrogens (primary N) is 1. The maximum absolute atomic E-state index is 11.2. The second kappa shape index (κ2) is 6.98. The second-order valence-corrected chi connectivity index (χ2v) is 4.00. The third kappa shape index (κ3) is 4.01. The van der Waals surface area contributed by atoms with Crippen molar-refractivity contribution in [3.05, 3.63) is 29.3 Å². The van der Waals surface area contributed by atoms with Gasteiger partial charge in [-0.2, -0.15) is 0 Å². The summed E-state index contributed by atoms with van der Waals surface area (Å²) in [7, 11) is 3.15. The molecular formula is C13H20N2O3. The first-order chi connectivity index (χ1) is 8.58. The fraction of sp³-hybridized carbons (Fsp3) is 0.462. The summed E-state index contributed by atoms with van der Waals surface area (Å²) in [6.45, 7) is 2.44. The highest BCUT2D eigenvalue weighted by atomic mass is 16.5. The highest BCUT2D eigenvalue weighted by Crippen LogP contribution is 2.20. The average molecular weight is 252 g/mol. The summed E-state index contributed by atoms with van der Waals surface area (Å²) < 4.78 is 10.6. The van der Waals surface area contributed by atoms with Gasteiger partial charge in [-0.25, -0.2) is 5.84 Å². The van der Waals surface area contributed by atoms with E-state index < -0.39 is 0 Å². The Labute approximate surface area is 107 Å². The number of rotatable bonds is 6. The molecule has 0 saturated heterocycles. The normalized spacial score (nSPS) is 10.2. The zero-order valence-electron chi connectivity index (χ0n) is 11.1. The molecule has 1 aromatic carbocycles. The van der Waals surface area contributed by atoms with Gasteiger partial charge in [-0.3, -0.25) is 9.80 Å². The zero-order valence-corrected chi connectivity index (χ0v) is 11.1. The molecule has 0 bridgehead atoms. The van der Waals surface area contributed by atoms with E-state index in [2.05, 4.69) is 6.92 Å². The van der Waals surface area contributed by atoms with Crippen molar-refractivity contribution in [1.29, 1.82) is 0 Å². The SMILES string of the molecule is CCc1cc(COCC(=O)N(C)N)ccc1OC. The van der Waals surface area contributed by atoms with Gasteiger partial charge in [0.15, 0.2) is 0 Å². The largest absolute Gasteiger partial charge is 0.496 e. The number of amides is 1. The van der Waals surface area contributed by atoms with Crippen molar-refractivity contribution in [1.82, 2.24) is 5.01 Å². The number of carbonyl (C=O) groups is 1. The lowest BCUT2D eigenvalue weighted by atomic mass is 10.1. The van der Waals surface area contributed by atoms with E-state index in [1.165, 1.54) is 7.05 Å². The van der Waals surface area contributed by atoms with Crippen LogP contribution in [0.2, 0.25) is 0 Å². The van der Waals surface area contributed by atoms with Gasteiger partial charge in [-0.15, -0.1) is 0 Å². The van der Waals surface area contributed by atoms with E-state index >= 15 is 0 Å². The molecule has 2 N–H and O–H groups in total. The first kappa shape index (κ1) is 14.5. The summed E-state index contributed by atoms with van der Waals surface area (Å²) in [6.07, 6.45) is 0.890. The number of methoxy groups -OCH3 is 1. The number of hydrazine groups is 1. The fourth-order valence-electron chi connectivity index (χ4n) is 1.56. The van der Waals surface area contributed by atoms with Gasteiger partial charge in [0.05, 0.1) is 13.7 Å². The fourth-order valence-corrected chi connectivity index (χ4v) is 1.56. The van der Waals surface area contributed by atoms with Crippen molar-refractivity contribution in [3.8, 4) is 5.75 Å². The molecule has 0 heterocycles. The quantitative estimate of drug-likeness (QED) is 0.468. The molecule has 0 aliphatic rings. The lowest BCUT2D eigenvalue weighted by Crippen LogP contribution is -2.35. The minimum absolute atomic E-state index is 0.0134. The molecule has 0 saturated carbocycles. The number of likely N-dealkylation sites (N-methyl/N-ethyl adjacent to an activating group) is 1. The van der Waals surface area contributed by atoms with Crippen LogP contribution in [0, 0.1) is 0 Å². The van der Waals surface area contributed by atoms with Crippen molar-refractivity contribution in [2.45, 2.75) is 20.0 Å². The van der Waals surface area contributed by atoms with E-state index in [4.69, 9.17) is 15.3 Å². The molecule has 0 spiro atoms. The Bertz CT molecular complexity index is 405. The van der Waals surface area contributed by atoms with E-state index in [-0.39, 0.29) is 12.5 Å². The summed E-state index contributed by atoms with van der Waals surface area (Å²) in [6, 6.07) is 5.86. The minimum atomic E-state index is -0.251. The van der Waals surface area contributed by atoms with Crippen LogP contribution >= 0.6 is 0 Å². The van der Waals surface area contributed by atoms with Gasteiger partial charge in [0, 0.05) is 7.05 Å². The molecular weight excluding hydrogens is 232 g/mol. The van der Waals surface area contributed by atoms with Gasteiger partial charge in [-0.05, 0) is 29.7 Å². The first-order valence-corrected chi connectivity index (χ1v) is 5.83.